The number of rotatable bonds is 7. The average molecular weight is 530 g/mol. The summed E-state index contributed by atoms with van der Waals surface area (Å²) in [4.78, 5) is 12.1. The molecule has 0 saturated heterocycles. The Morgan fingerprint density at radius 3 is 2.59 bits per heavy atom. The summed E-state index contributed by atoms with van der Waals surface area (Å²) in [6.45, 7) is 0.757. The molecule has 0 aliphatic rings. The summed E-state index contributed by atoms with van der Waals surface area (Å²) in [6.07, 6.45) is 3.66. The summed E-state index contributed by atoms with van der Waals surface area (Å²) in [5.41, 5.74) is 6.43. The molecule has 8 heteroatoms. The molecular weight excluding hydrogens is 511 g/mol. The molecule has 1 aromatic heterocycles. The van der Waals surface area contributed by atoms with Crippen LogP contribution in [-0.4, -0.2) is 23.2 Å². The van der Waals surface area contributed by atoms with Crippen molar-refractivity contribution in [2.24, 2.45) is 5.10 Å². The number of carbonyl (C=O) groups is 1. The Bertz CT molecular complexity index is 1290. The Morgan fingerprint density at radius 1 is 1.03 bits per heavy atom. The second kappa shape index (κ2) is 10.2. The number of anilines is 1. The fourth-order valence-electron chi connectivity index (χ4n) is 3.31. The lowest BCUT2D eigenvalue weighted by Crippen LogP contribution is -2.25. The Kier molecular flexibility index (Phi) is 7.15. The summed E-state index contributed by atoms with van der Waals surface area (Å²) < 4.78 is 3.10. The Hall–Kier alpha value is -2.80. The van der Waals surface area contributed by atoms with Gasteiger partial charge in [-0.15, -0.1) is 0 Å². The van der Waals surface area contributed by atoms with Gasteiger partial charge in [0.2, 0.25) is 0 Å². The van der Waals surface area contributed by atoms with Crippen molar-refractivity contribution in [3.63, 3.8) is 0 Å². The molecule has 32 heavy (non-hydrogen) atoms. The van der Waals surface area contributed by atoms with Crippen molar-refractivity contribution in [3.05, 3.63) is 98.6 Å². The van der Waals surface area contributed by atoms with Gasteiger partial charge in [0.15, 0.2) is 0 Å². The first-order valence-electron chi connectivity index (χ1n) is 9.83. The van der Waals surface area contributed by atoms with Crippen LogP contribution in [0.1, 0.15) is 11.1 Å². The first-order valence-corrected chi connectivity index (χ1v) is 11.4. The summed E-state index contributed by atoms with van der Waals surface area (Å²) in [5.74, 6) is -0.233. The number of fused-ring (bicyclic) bond motifs is 1. The van der Waals surface area contributed by atoms with Crippen LogP contribution in [0.15, 0.2) is 82.5 Å². The second-order valence-electron chi connectivity index (χ2n) is 7.13. The number of nitrogens with zero attached hydrogens (tertiary/aromatic N) is 2. The summed E-state index contributed by atoms with van der Waals surface area (Å²) in [7, 11) is 0. The van der Waals surface area contributed by atoms with E-state index in [9.17, 15) is 4.79 Å². The smallest absolute Gasteiger partial charge is 0.259 e. The fourth-order valence-corrected chi connectivity index (χ4v) is 3.89. The minimum atomic E-state index is -0.233. The predicted octanol–water partition coefficient (Wildman–Crippen LogP) is 6.32. The van der Waals surface area contributed by atoms with Gasteiger partial charge < -0.3 is 9.88 Å². The largest absolute Gasteiger partial charge is 0.376 e. The van der Waals surface area contributed by atoms with Crippen LogP contribution in [0.4, 0.5) is 5.69 Å². The number of para-hydroxylation sites is 1. The van der Waals surface area contributed by atoms with Gasteiger partial charge in [0.05, 0.1) is 22.8 Å². The van der Waals surface area contributed by atoms with Crippen molar-refractivity contribution >= 4 is 67.8 Å². The quantitative estimate of drug-likeness (QED) is 0.217. The van der Waals surface area contributed by atoms with E-state index in [1.165, 1.54) is 0 Å². The van der Waals surface area contributed by atoms with Crippen molar-refractivity contribution in [1.82, 2.24) is 9.99 Å². The van der Waals surface area contributed by atoms with Crippen LogP contribution < -0.4 is 10.7 Å². The predicted molar refractivity (Wildman–Crippen MR) is 136 cm³/mol. The molecule has 5 nitrogen and oxygen atoms in total. The van der Waals surface area contributed by atoms with Crippen LogP contribution in [0.2, 0.25) is 10.0 Å². The highest BCUT2D eigenvalue weighted by atomic mass is 79.9. The van der Waals surface area contributed by atoms with Gasteiger partial charge in [-0.2, -0.15) is 5.10 Å². The van der Waals surface area contributed by atoms with Gasteiger partial charge in [0.1, 0.15) is 0 Å². The summed E-state index contributed by atoms with van der Waals surface area (Å²) in [6, 6.07) is 21.3. The van der Waals surface area contributed by atoms with E-state index in [1.54, 1.807) is 12.3 Å². The van der Waals surface area contributed by atoms with Crippen molar-refractivity contribution < 1.29 is 4.79 Å². The summed E-state index contributed by atoms with van der Waals surface area (Å²) >= 11 is 15.6. The highest BCUT2D eigenvalue weighted by Crippen LogP contribution is 2.25. The van der Waals surface area contributed by atoms with Gasteiger partial charge in [0, 0.05) is 39.4 Å². The molecule has 3 aromatic carbocycles. The normalized spacial score (nSPS) is 11.2. The van der Waals surface area contributed by atoms with Gasteiger partial charge >= 0.3 is 0 Å². The van der Waals surface area contributed by atoms with E-state index < -0.39 is 0 Å². The van der Waals surface area contributed by atoms with Crippen LogP contribution in [-0.2, 0) is 11.3 Å². The molecule has 0 fully saturated rings. The van der Waals surface area contributed by atoms with E-state index in [0.717, 1.165) is 32.2 Å². The zero-order valence-electron chi connectivity index (χ0n) is 16.9. The van der Waals surface area contributed by atoms with E-state index in [2.05, 4.69) is 36.3 Å². The number of nitrogens with one attached hydrogen (secondary N) is 2. The minimum Gasteiger partial charge on any atom is -0.376 e. The van der Waals surface area contributed by atoms with Gasteiger partial charge in [0.25, 0.3) is 5.91 Å². The fraction of sp³-hybridized carbons (Fsp3) is 0.0833. The van der Waals surface area contributed by atoms with Gasteiger partial charge in [-0.05, 0) is 48.0 Å². The molecule has 4 aromatic rings. The molecule has 0 unspecified atom stereocenters. The lowest BCUT2D eigenvalue weighted by atomic mass is 10.2. The first-order chi connectivity index (χ1) is 15.5. The van der Waals surface area contributed by atoms with Crippen LogP contribution in [0.25, 0.3) is 10.9 Å². The zero-order chi connectivity index (χ0) is 22.5. The standard InChI is InChI=1S/C24H19BrCl2N4O/c25-18-6-8-19(9-7-18)28-13-24(32)30-29-12-17-15-31(23-4-2-1-3-20(17)23)14-16-5-10-21(26)22(27)11-16/h1-12,15,28H,13-14H2,(H,30,32)/b29-12-. The number of hydrazone groups is 1. The molecule has 0 bridgehead atoms. The molecule has 2 N–H and O–H groups in total. The molecule has 1 amide bonds. The number of carbonyl (C=O) groups excluding carboxylic acids is 1. The molecular formula is C24H19BrCl2N4O. The maximum atomic E-state index is 12.1. The van der Waals surface area contributed by atoms with Crippen LogP contribution in [0.5, 0.6) is 0 Å². The van der Waals surface area contributed by atoms with E-state index in [0.29, 0.717) is 16.6 Å². The van der Waals surface area contributed by atoms with E-state index in [-0.39, 0.29) is 12.5 Å². The molecule has 0 aliphatic carbocycles. The van der Waals surface area contributed by atoms with Gasteiger partial charge in [-0.3, -0.25) is 4.79 Å². The number of halogens is 3. The van der Waals surface area contributed by atoms with Crippen LogP contribution >= 0.6 is 39.1 Å². The van der Waals surface area contributed by atoms with Crippen LogP contribution in [0, 0.1) is 0 Å². The third-order valence-corrected chi connectivity index (χ3v) is 6.11. The molecule has 1 heterocycles. The van der Waals surface area contributed by atoms with E-state index >= 15 is 0 Å². The SMILES string of the molecule is O=C(CNc1ccc(Br)cc1)N/N=C\c1cn(Cc2ccc(Cl)c(Cl)c2)c2ccccc12. The van der Waals surface area contributed by atoms with Crippen molar-refractivity contribution in [3.8, 4) is 0 Å². The first kappa shape index (κ1) is 22.4. The Labute approximate surface area is 204 Å². The zero-order valence-corrected chi connectivity index (χ0v) is 20.0. The maximum Gasteiger partial charge on any atom is 0.259 e. The monoisotopic (exact) mass is 528 g/mol. The number of aromatic nitrogens is 1. The Balaban J connectivity index is 1.44. The third-order valence-electron chi connectivity index (χ3n) is 4.85. The minimum absolute atomic E-state index is 0.123. The molecule has 4 rings (SSSR count). The second-order valence-corrected chi connectivity index (χ2v) is 8.86. The average Bonchev–Trinajstić information content (AvgIpc) is 3.13. The number of hydrogen-bond acceptors (Lipinski definition) is 3. The summed E-state index contributed by atoms with van der Waals surface area (Å²) in [5, 5.41) is 9.30. The number of benzene rings is 3. The van der Waals surface area contributed by atoms with E-state index in [1.807, 2.05) is 66.9 Å². The topological polar surface area (TPSA) is 58.4 Å². The maximum absolute atomic E-state index is 12.1. The lowest BCUT2D eigenvalue weighted by Gasteiger charge is -2.06. The van der Waals surface area contributed by atoms with Gasteiger partial charge in [-0.25, -0.2) is 5.43 Å². The molecule has 0 atom stereocenters. The lowest BCUT2D eigenvalue weighted by molar-refractivity contribution is -0.119. The molecule has 0 saturated carbocycles. The van der Waals surface area contributed by atoms with Crippen molar-refractivity contribution in [2.75, 3.05) is 11.9 Å². The van der Waals surface area contributed by atoms with Crippen molar-refractivity contribution in [1.29, 1.82) is 0 Å². The van der Waals surface area contributed by atoms with Crippen LogP contribution in [0.3, 0.4) is 0 Å². The van der Waals surface area contributed by atoms with Gasteiger partial charge in [-0.1, -0.05) is 63.4 Å². The Morgan fingerprint density at radius 2 is 1.81 bits per heavy atom. The molecule has 0 spiro atoms. The molecule has 0 radical (unpaired) electrons. The number of amides is 1. The number of hydrogen-bond donors (Lipinski definition) is 2. The molecule has 162 valence electrons. The third kappa shape index (κ3) is 5.51. The van der Waals surface area contributed by atoms with Crippen molar-refractivity contribution in [2.45, 2.75) is 6.54 Å². The molecule has 0 aliphatic heterocycles. The van der Waals surface area contributed by atoms with E-state index in [4.69, 9.17) is 23.2 Å². The highest BCUT2D eigenvalue weighted by molar-refractivity contribution is 9.10. The highest BCUT2D eigenvalue weighted by Gasteiger charge is 2.08.